The zero-order valence-corrected chi connectivity index (χ0v) is 19.5. The van der Waals surface area contributed by atoms with Crippen LogP contribution in [0.5, 0.6) is 0 Å². The van der Waals surface area contributed by atoms with Crippen LogP contribution in [0, 0.1) is 0 Å². The number of anilines is 2. The Bertz CT molecular complexity index is 1100. The van der Waals surface area contributed by atoms with Crippen molar-refractivity contribution >= 4 is 35.6 Å². The lowest BCUT2D eigenvalue weighted by Crippen LogP contribution is -2.17. The van der Waals surface area contributed by atoms with E-state index >= 15 is 0 Å². The van der Waals surface area contributed by atoms with Gasteiger partial charge < -0.3 is 20.8 Å². The van der Waals surface area contributed by atoms with E-state index in [1.807, 2.05) is 18.2 Å². The van der Waals surface area contributed by atoms with Crippen molar-refractivity contribution in [2.45, 2.75) is 0 Å². The van der Waals surface area contributed by atoms with Crippen molar-refractivity contribution in [3.63, 3.8) is 0 Å². The first-order valence-electron chi connectivity index (χ1n) is 11.3. The zero-order valence-electron chi connectivity index (χ0n) is 19.5. The first-order chi connectivity index (χ1) is 17.6. The lowest BCUT2D eigenvalue weighted by Gasteiger charge is -2.05. The van der Waals surface area contributed by atoms with Crippen LogP contribution in [0.1, 0.15) is 31.8 Å². The van der Waals surface area contributed by atoms with Gasteiger partial charge in [-0.1, -0.05) is 18.2 Å². The van der Waals surface area contributed by atoms with Gasteiger partial charge in [0, 0.05) is 35.6 Å². The average Bonchev–Trinajstić information content (AvgIpc) is 2.91. The molecule has 10 nitrogen and oxygen atoms in total. The third kappa shape index (κ3) is 8.35. The molecular weight excluding hydrogens is 460 g/mol. The number of nitrogens with one attached hydrogen (secondary N) is 4. The summed E-state index contributed by atoms with van der Waals surface area (Å²) >= 11 is 0. The molecule has 36 heavy (non-hydrogen) atoms. The van der Waals surface area contributed by atoms with Crippen molar-refractivity contribution in [2.75, 3.05) is 36.9 Å². The number of amides is 2. The molecule has 0 heterocycles. The van der Waals surface area contributed by atoms with Gasteiger partial charge in [-0.15, -0.1) is 0 Å². The molecule has 0 radical (unpaired) electrons. The summed E-state index contributed by atoms with van der Waals surface area (Å²) in [6, 6.07) is 20.9. The van der Waals surface area contributed by atoms with Gasteiger partial charge in [0.05, 0.1) is 25.6 Å². The minimum absolute atomic E-state index is 0.0262. The number of aliphatic hydroxyl groups is 2. The molecule has 0 unspecified atom stereocenters. The Kier molecular flexibility index (Phi) is 10.1. The van der Waals surface area contributed by atoms with Crippen molar-refractivity contribution in [3.8, 4) is 0 Å². The highest BCUT2D eigenvalue weighted by atomic mass is 16.3. The molecule has 0 aliphatic rings. The van der Waals surface area contributed by atoms with E-state index in [1.165, 1.54) is 12.4 Å². The Balaban J connectivity index is 1.50. The molecule has 6 N–H and O–H groups in total. The lowest BCUT2D eigenvalue weighted by atomic mass is 10.1. The molecule has 186 valence electrons. The number of rotatable bonds is 12. The second-order valence-electron chi connectivity index (χ2n) is 7.52. The van der Waals surface area contributed by atoms with E-state index in [0.717, 1.165) is 22.5 Å². The quantitative estimate of drug-likeness (QED) is 0.170. The fourth-order valence-electron chi connectivity index (χ4n) is 3.06. The van der Waals surface area contributed by atoms with Gasteiger partial charge >= 0.3 is 0 Å². The van der Waals surface area contributed by atoms with Crippen LogP contribution < -0.4 is 21.5 Å². The Morgan fingerprint density at radius 3 is 1.47 bits per heavy atom. The highest BCUT2D eigenvalue weighted by Gasteiger charge is 2.05. The van der Waals surface area contributed by atoms with E-state index in [0.29, 0.717) is 24.2 Å². The first kappa shape index (κ1) is 26.1. The summed E-state index contributed by atoms with van der Waals surface area (Å²) in [5, 5.41) is 31.7. The van der Waals surface area contributed by atoms with E-state index in [1.54, 1.807) is 54.6 Å². The van der Waals surface area contributed by atoms with E-state index in [9.17, 15) is 9.59 Å². The number of nitrogens with zero attached hydrogens (tertiary/aromatic N) is 2. The van der Waals surface area contributed by atoms with Gasteiger partial charge in [-0.05, 0) is 65.7 Å². The van der Waals surface area contributed by atoms with Gasteiger partial charge in [0.15, 0.2) is 0 Å². The molecule has 0 saturated heterocycles. The smallest absolute Gasteiger partial charge is 0.271 e. The molecule has 2 amide bonds. The van der Waals surface area contributed by atoms with Crippen molar-refractivity contribution in [1.29, 1.82) is 0 Å². The van der Waals surface area contributed by atoms with Gasteiger partial charge in [0.1, 0.15) is 0 Å². The standard InChI is InChI=1S/C26H28N6O4/c33-14-12-27-23-8-4-21(5-9-23)25(35)31-29-17-19-2-1-3-20(16-19)18-30-32-26(36)22-6-10-24(11-7-22)28-13-15-34/h1-11,16-18,27-28,33-34H,12-15H2,(H,31,35)(H,32,36)/b29-17+,30-18+. The summed E-state index contributed by atoms with van der Waals surface area (Å²) in [4.78, 5) is 24.5. The molecule has 0 bridgehead atoms. The van der Waals surface area contributed by atoms with Crippen LogP contribution in [0.4, 0.5) is 11.4 Å². The fourth-order valence-corrected chi connectivity index (χ4v) is 3.06. The minimum atomic E-state index is -0.349. The third-order valence-electron chi connectivity index (χ3n) is 4.85. The van der Waals surface area contributed by atoms with E-state index < -0.39 is 0 Å². The second-order valence-corrected chi connectivity index (χ2v) is 7.52. The number of hydrogen-bond donors (Lipinski definition) is 6. The predicted molar refractivity (Wildman–Crippen MR) is 141 cm³/mol. The second kappa shape index (κ2) is 14.0. The molecule has 0 aromatic heterocycles. The number of hydrogen-bond acceptors (Lipinski definition) is 8. The molecule has 0 aliphatic carbocycles. The molecule has 0 spiro atoms. The van der Waals surface area contributed by atoms with Crippen molar-refractivity contribution in [2.24, 2.45) is 10.2 Å². The molecule has 0 fully saturated rings. The summed E-state index contributed by atoms with van der Waals surface area (Å²) < 4.78 is 0. The van der Waals surface area contributed by atoms with Crippen molar-refractivity contribution < 1.29 is 19.8 Å². The summed E-state index contributed by atoms with van der Waals surface area (Å²) in [6.07, 6.45) is 3.02. The Morgan fingerprint density at radius 1 is 0.667 bits per heavy atom. The summed E-state index contributed by atoms with van der Waals surface area (Å²) in [5.74, 6) is -0.699. The van der Waals surface area contributed by atoms with Crippen LogP contribution in [-0.2, 0) is 0 Å². The third-order valence-corrected chi connectivity index (χ3v) is 4.85. The maximum atomic E-state index is 12.3. The number of hydrazone groups is 2. The predicted octanol–water partition coefficient (Wildman–Crippen LogP) is 2.02. The van der Waals surface area contributed by atoms with Gasteiger partial charge in [0.25, 0.3) is 11.8 Å². The maximum absolute atomic E-state index is 12.3. The van der Waals surface area contributed by atoms with Crippen molar-refractivity contribution in [3.05, 3.63) is 95.1 Å². The summed E-state index contributed by atoms with van der Waals surface area (Å²) in [5.41, 5.74) is 8.96. The summed E-state index contributed by atoms with van der Waals surface area (Å²) in [6.45, 7) is 0.922. The molecule has 0 aliphatic heterocycles. The largest absolute Gasteiger partial charge is 0.395 e. The molecule has 10 heteroatoms. The monoisotopic (exact) mass is 488 g/mol. The summed E-state index contributed by atoms with van der Waals surface area (Å²) in [7, 11) is 0. The molecular formula is C26H28N6O4. The van der Waals surface area contributed by atoms with Crippen LogP contribution >= 0.6 is 0 Å². The van der Waals surface area contributed by atoms with Gasteiger partial charge in [-0.25, -0.2) is 10.9 Å². The van der Waals surface area contributed by atoms with Crippen LogP contribution in [-0.4, -0.2) is 60.8 Å². The number of carbonyl (C=O) groups is 2. The van der Waals surface area contributed by atoms with Gasteiger partial charge in [-0.2, -0.15) is 10.2 Å². The van der Waals surface area contributed by atoms with Gasteiger partial charge in [-0.3, -0.25) is 9.59 Å². The van der Waals surface area contributed by atoms with Gasteiger partial charge in [0.2, 0.25) is 0 Å². The molecule has 3 rings (SSSR count). The minimum Gasteiger partial charge on any atom is -0.395 e. The van der Waals surface area contributed by atoms with E-state index in [-0.39, 0.29) is 25.0 Å². The topological polar surface area (TPSA) is 147 Å². The van der Waals surface area contributed by atoms with Crippen LogP contribution in [0.25, 0.3) is 0 Å². The Morgan fingerprint density at radius 2 is 1.08 bits per heavy atom. The zero-order chi connectivity index (χ0) is 25.6. The number of benzene rings is 3. The normalized spacial score (nSPS) is 10.9. The Labute approximate surface area is 208 Å². The SMILES string of the molecule is O=C(N/N=C/c1cccc(/C=N/NC(=O)c2ccc(NCCO)cc2)c1)c1ccc(NCCO)cc1. The first-order valence-corrected chi connectivity index (χ1v) is 11.3. The van der Waals surface area contributed by atoms with Crippen LogP contribution in [0.2, 0.25) is 0 Å². The molecule has 3 aromatic rings. The number of carbonyl (C=O) groups excluding carboxylic acids is 2. The lowest BCUT2D eigenvalue weighted by molar-refractivity contribution is 0.0947. The number of aliphatic hydroxyl groups excluding tert-OH is 2. The Hall–Kier alpha value is -4.54. The molecule has 3 aromatic carbocycles. The van der Waals surface area contributed by atoms with Crippen LogP contribution in [0.3, 0.4) is 0 Å². The van der Waals surface area contributed by atoms with E-state index in [2.05, 4.69) is 31.7 Å². The fraction of sp³-hybridized carbons (Fsp3) is 0.154. The highest BCUT2D eigenvalue weighted by Crippen LogP contribution is 2.10. The highest BCUT2D eigenvalue weighted by molar-refractivity contribution is 5.96. The van der Waals surface area contributed by atoms with E-state index in [4.69, 9.17) is 10.2 Å². The molecule has 0 atom stereocenters. The van der Waals surface area contributed by atoms with Crippen molar-refractivity contribution in [1.82, 2.24) is 10.9 Å². The average molecular weight is 489 g/mol. The van der Waals surface area contributed by atoms with Crippen LogP contribution in [0.15, 0.2) is 83.0 Å². The maximum Gasteiger partial charge on any atom is 0.271 e. The molecule has 0 saturated carbocycles.